The molecule has 1 saturated heterocycles. The molecule has 0 unspecified atom stereocenters. The summed E-state index contributed by atoms with van der Waals surface area (Å²) in [4.78, 5) is 19.0. The number of likely N-dealkylation sites (tertiary alicyclic amines) is 1. The van der Waals surface area contributed by atoms with Gasteiger partial charge in [0.2, 0.25) is 0 Å². The first kappa shape index (κ1) is 26.1. The molecule has 2 aromatic carbocycles. The molecule has 0 radical (unpaired) electrons. The number of halogens is 2. The number of nitrogens with zero attached hydrogens (tertiary/aromatic N) is 2. The number of methoxy groups -OCH3 is 2. The molecule has 3 rings (SSSR count). The Labute approximate surface area is 203 Å². The number of ether oxygens (including phenoxy) is 2. The van der Waals surface area contributed by atoms with Crippen LogP contribution in [0.3, 0.4) is 0 Å². The van der Waals surface area contributed by atoms with E-state index in [-0.39, 0.29) is 17.8 Å². The molecule has 188 valence electrons. The highest BCUT2D eigenvalue weighted by atomic mass is 19.2. The molecule has 0 spiro atoms. The molecule has 0 aromatic heterocycles. The maximum atomic E-state index is 13.9. The predicted octanol–water partition coefficient (Wildman–Crippen LogP) is 2.71. The number of nitrogens with one attached hydrogen (secondary N) is 2. The van der Waals surface area contributed by atoms with Crippen LogP contribution in [0.5, 0.6) is 5.75 Å². The fourth-order valence-corrected chi connectivity index (χ4v) is 4.03. The summed E-state index contributed by atoms with van der Waals surface area (Å²) in [5.41, 5.74) is 7.92. The number of hydrogen-bond acceptors (Lipinski definition) is 6. The molecule has 0 bridgehead atoms. The summed E-state index contributed by atoms with van der Waals surface area (Å²) >= 11 is 0. The molecule has 1 fully saturated rings. The van der Waals surface area contributed by atoms with Crippen molar-refractivity contribution in [3.8, 4) is 5.75 Å². The zero-order chi connectivity index (χ0) is 25.4. The Hall–Kier alpha value is -3.50. The molecule has 2 amide bonds. The zero-order valence-corrected chi connectivity index (χ0v) is 20.1. The summed E-state index contributed by atoms with van der Waals surface area (Å²) in [6.07, 6.45) is 1.56. The highest BCUT2D eigenvalue weighted by Crippen LogP contribution is 2.28. The Bertz CT molecular complexity index is 1090. The van der Waals surface area contributed by atoms with Crippen molar-refractivity contribution in [1.29, 1.82) is 0 Å². The number of amides is 2. The lowest BCUT2D eigenvalue weighted by molar-refractivity contribution is 0.159. The topological polar surface area (TPSA) is 101 Å². The minimum absolute atomic E-state index is 0.230. The van der Waals surface area contributed by atoms with Crippen LogP contribution in [0, 0.1) is 11.6 Å². The molecule has 4 N–H and O–H groups in total. The monoisotopic (exact) mass is 487 g/mol. The van der Waals surface area contributed by atoms with Crippen LogP contribution in [0.4, 0.5) is 13.6 Å². The number of amidine groups is 1. The third-order valence-electron chi connectivity index (χ3n) is 5.87. The minimum Gasteiger partial charge on any atom is -0.497 e. The third kappa shape index (κ3) is 7.00. The summed E-state index contributed by atoms with van der Waals surface area (Å²) in [7, 11) is 4.72. The second-order valence-corrected chi connectivity index (χ2v) is 8.18. The molecule has 35 heavy (non-hydrogen) atoms. The maximum Gasteiger partial charge on any atom is 0.320 e. The van der Waals surface area contributed by atoms with Crippen molar-refractivity contribution in [3.63, 3.8) is 0 Å². The average Bonchev–Trinajstić information content (AvgIpc) is 3.26. The first-order chi connectivity index (χ1) is 16.8. The Morgan fingerprint density at radius 2 is 2.00 bits per heavy atom. The lowest BCUT2D eigenvalue weighted by atomic mass is 9.94. The fraction of sp³-hybridized carbons (Fsp3) is 0.360. The number of aliphatic imine (C=N–C) groups is 1. The second-order valence-electron chi connectivity index (χ2n) is 8.18. The first-order valence-electron chi connectivity index (χ1n) is 11.2. The third-order valence-corrected chi connectivity index (χ3v) is 5.87. The van der Waals surface area contributed by atoms with Gasteiger partial charge in [-0.15, -0.1) is 0 Å². The van der Waals surface area contributed by atoms with Crippen LogP contribution in [-0.2, 0) is 4.74 Å². The standard InChI is InChI=1S/C25H31F2N5O3/c1-29-24(13-22(28)17-5-4-6-18(11-17)35-3)31-25(33)30-23-15-32(9-10-34-2)14-19(23)16-7-8-20(26)21(27)12-16/h4-8,11-13,19,23H,9-10,14-15,28H2,1-3H3,(H2,29,30,31,33)/t19-,23+/m0/s1. The number of carbonyl (C=O) groups is 1. The van der Waals surface area contributed by atoms with E-state index in [1.54, 1.807) is 38.5 Å². The average molecular weight is 488 g/mol. The molecular weight excluding hydrogens is 456 g/mol. The number of rotatable bonds is 8. The van der Waals surface area contributed by atoms with E-state index in [1.807, 2.05) is 12.1 Å². The van der Waals surface area contributed by atoms with Crippen molar-refractivity contribution >= 4 is 17.6 Å². The van der Waals surface area contributed by atoms with Crippen LogP contribution in [-0.4, -0.2) is 70.3 Å². The number of carbonyl (C=O) groups excluding carboxylic acids is 1. The van der Waals surface area contributed by atoms with E-state index in [1.165, 1.54) is 13.1 Å². The predicted molar refractivity (Wildman–Crippen MR) is 131 cm³/mol. The van der Waals surface area contributed by atoms with E-state index in [0.717, 1.165) is 11.6 Å². The smallest absolute Gasteiger partial charge is 0.320 e. The molecule has 1 heterocycles. The minimum atomic E-state index is -0.917. The van der Waals surface area contributed by atoms with Crippen molar-refractivity contribution in [2.24, 2.45) is 10.7 Å². The normalized spacial score (nSPS) is 19.0. The summed E-state index contributed by atoms with van der Waals surface area (Å²) in [5.74, 6) is -1.13. The van der Waals surface area contributed by atoms with Crippen LogP contribution in [0.2, 0.25) is 0 Å². The van der Waals surface area contributed by atoms with Crippen LogP contribution < -0.4 is 21.1 Å². The lowest BCUT2D eigenvalue weighted by Gasteiger charge is -2.21. The molecular formula is C25H31F2N5O3. The van der Waals surface area contributed by atoms with Gasteiger partial charge in [-0.3, -0.25) is 15.2 Å². The molecule has 1 aliphatic heterocycles. The van der Waals surface area contributed by atoms with Crippen molar-refractivity contribution in [3.05, 3.63) is 71.3 Å². The largest absolute Gasteiger partial charge is 0.497 e. The Morgan fingerprint density at radius 1 is 1.20 bits per heavy atom. The summed E-state index contributed by atoms with van der Waals surface area (Å²) < 4.78 is 37.7. The molecule has 2 aromatic rings. The summed E-state index contributed by atoms with van der Waals surface area (Å²) in [5, 5.41) is 5.65. The zero-order valence-electron chi connectivity index (χ0n) is 20.1. The van der Waals surface area contributed by atoms with Gasteiger partial charge in [-0.1, -0.05) is 18.2 Å². The van der Waals surface area contributed by atoms with Crippen LogP contribution >= 0.6 is 0 Å². The van der Waals surface area contributed by atoms with Gasteiger partial charge in [0, 0.05) is 57.0 Å². The Morgan fingerprint density at radius 3 is 2.69 bits per heavy atom. The van der Waals surface area contributed by atoms with Gasteiger partial charge in [-0.2, -0.15) is 0 Å². The van der Waals surface area contributed by atoms with Gasteiger partial charge in [-0.25, -0.2) is 13.6 Å². The van der Waals surface area contributed by atoms with Gasteiger partial charge in [0.05, 0.1) is 19.8 Å². The molecule has 0 aliphatic carbocycles. The first-order valence-corrected chi connectivity index (χ1v) is 11.2. The van der Waals surface area contributed by atoms with Crippen LogP contribution in [0.25, 0.3) is 5.70 Å². The van der Waals surface area contributed by atoms with E-state index < -0.39 is 17.7 Å². The van der Waals surface area contributed by atoms with E-state index in [2.05, 4.69) is 20.5 Å². The fourth-order valence-electron chi connectivity index (χ4n) is 4.03. The molecule has 2 atom stereocenters. The van der Waals surface area contributed by atoms with E-state index in [4.69, 9.17) is 15.2 Å². The van der Waals surface area contributed by atoms with Crippen LogP contribution in [0.15, 0.2) is 53.5 Å². The van der Waals surface area contributed by atoms with E-state index in [0.29, 0.717) is 43.3 Å². The quantitative estimate of drug-likeness (QED) is 0.393. The highest BCUT2D eigenvalue weighted by molar-refractivity contribution is 6.07. The summed E-state index contributed by atoms with van der Waals surface area (Å²) in [6.45, 7) is 2.26. The Kier molecular flexibility index (Phi) is 9.16. The van der Waals surface area contributed by atoms with Crippen molar-refractivity contribution in [2.45, 2.75) is 12.0 Å². The van der Waals surface area contributed by atoms with Gasteiger partial charge in [0.1, 0.15) is 11.6 Å². The summed E-state index contributed by atoms with van der Waals surface area (Å²) in [6, 6.07) is 10.2. The van der Waals surface area contributed by atoms with Crippen LogP contribution in [0.1, 0.15) is 17.0 Å². The molecule has 8 nitrogen and oxygen atoms in total. The van der Waals surface area contributed by atoms with Crippen molar-refractivity contribution in [1.82, 2.24) is 15.5 Å². The van der Waals surface area contributed by atoms with Gasteiger partial charge in [0.15, 0.2) is 11.6 Å². The number of urea groups is 1. The second kappa shape index (κ2) is 12.3. The maximum absolute atomic E-state index is 13.9. The molecule has 10 heteroatoms. The lowest BCUT2D eigenvalue weighted by Crippen LogP contribution is -2.47. The van der Waals surface area contributed by atoms with E-state index in [9.17, 15) is 13.6 Å². The SMILES string of the molecule is CN=C(C=C(N)c1cccc(OC)c1)NC(=O)N[C@@H]1CN(CCOC)C[C@H]1c1ccc(F)c(F)c1. The van der Waals surface area contributed by atoms with Crippen molar-refractivity contribution < 1.29 is 23.0 Å². The highest BCUT2D eigenvalue weighted by Gasteiger charge is 2.35. The number of hydrogen-bond donors (Lipinski definition) is 3. The van der Waals surface area contributed by atoms with Gasteiger partial charge in [-0.05, 0) is 29.8 Å². The van der Waals surface area contributed by atoms with Gasteiger partial charge < -0.3 is 20.5 Å². The Balaban J connectivity index is 1.71. The van der Waals surface area contributed by atoms with Crippen molar-refractivity contribution in [2.75, 3.05) is 47.5 Å². The van der Waals surface area contributed by atoms with E-state index >= 15 is 0 Å². The molecule has 1 aliphatic rings. The van der Waals surface area contributed by atoms with Gasteiger partial charge >= 0.3 is 6.03 Å². The molecule has 0 saturated carbocycles. The number of nitrogens with two attached hydrogens (primary N) is 1. The number of benzene rings is 2. The van der Waals surface area contributed by atoms with Gasteiger partial charge in [0.25, 0.3) is 0 Å².